The summed E-state index contributed by atoms with van der Waals surface area (Å²) in [5, 5.41) is 8.60. The van der Waals surface area contributed by atoms with E-state index < -0.39 is 0 Å². The first-order chi connectivity index (χ1) is 10.1. The van der Waals surface area contributed by atoms with E-state index in [0.29, 0.717) is 18.0 Å². The van der Waals surface area contributed by atoms with Gasteiger partial charge in [-0.2, -0.15) is 5.10 Å². The summed E-state index contributed by atoms with van der Waals surface area (Å²) in [6.07, 6.45) is 0. The Bertz CT molecular complexity index is 846. The minimum atomic E-state index is -0.361. The van der Waals surface area contributed by atoms with Crippen LogP contribution in [-0.4, -0.2) is 21.1 Å². The first-order valence-electron chi connectivity index (χ1n) is 6.32. The van der Waals surface area contributed by atoms with Crippen molar-refractivity contribution in [3.05, 3.63) is 57.8 Å². The number of benzene rings is 1. The van der Waals surface area contributed by atoms with Gasteiger partial charge in [0, 0.05) is 19.5 Å². The quantitative estimate of drug-likeness (QED) is 0.751. The monoisotopic (exact) mass is 284 g/mol. The molecule has 106 valence electrons. The molecule has 3 aromatic rings. The smallest absolute Gasteiger partial charge is 0.271 e. The van der Waals surface area contributed by atoms with Gasteiger partial charge in [-0.3, -0.25) is 9.59 Å². The second-order valence-corrected chi connectivity index (χ2v) is 4.52. The maximum Gasteiger partial charge on any atom is 0.271 e. The molecule has 0 saturated heterocycles. The lowest BCUT2D eigenvalue weighted by atomic mass is 10.2. The maximum atomic E-state index is 11.9. The highest BCUT2D eigenvalue weighted by Crippen LogP contribution is 2.16. The first-order valence-corrected chi connectivity index (χ1v) is 6.32. The van der Waals surface area contributed by atoms with Crippen LogP contribution >= 0.6 is 0 Å². The minimum absolute atomic E-state index is 0.159. The Morgan fingerprint density at radius 3 is 2.95 bits per heavy atom. The van der Waals surface area contributed by atoms with E-state index in [4.69, 9.17) is 4.42 Å². The van der Waals surface area contributed by atoms with E-state index in [1.165, 1.54) is 12.1 Å². The molecule has 0 aliphatic carbocycles. The SMILES string of the molecule is Cc1nc2ccc(CNC(=O)c3ccc(=O)[nH]n3)cc2o1. The Hall–Kier alpha value is -2.96. The lowest BCUT2D eigenvalue weighted by molar-refractivity contribution is 0.0945. The maximum absolute atomic E-state index is 11.9. The number of carbonyl (C=O) groups is 1. The summed E-state index contributed by atoms with van der Waals surface area (Å²) in [6, 6.07) is 8.16. The van der Waals surface area contributed by atoms with Gasteiger partial charge in [-0.15, -0.1) is 0 Å². The Morgan fingerprint density at radius 2 is 2.19 bits per heavy atom. The van der Waals surface area contributed by atoms with Gasteiger partial charge >= 0.3 is 0 Å². The molecule has 0 bridgehead atoms. The third-order valence-corrected chi connectivity index (χ3v) is 2.92. The van der Waals surface area contributed by atoms with Gasteiger partial charge < -0.3 is 9.73 Å². The lowest BCUT2D eigenvalue weighted by Gasteiger charge is -2.04. The number of oxazole rings is 1. The number of aryl methyl sites for hydroxylation is 1. The molecule has 0 aliphatic heterocycles. The number of aromatic nitrogens is 3. The van der Waals surface area contributed by atoms with Gasteiger partial charge in [-0.25, -0.2) is 10.1 Å². The van der Waals surface area contributed by atoms with Crippen molar-refractivity contribution in [2.45, 2.75) is 13.5 Å². The molecule has 0 unspecified atom stereocenters. The fourth-order valence-corrected chi connectivity index (χ4v) is 1.94. The Balaban J connectivity index is 1.72. The summed E-state index contributed by atoms with van der Waals surface area (Å²) < 4.78 is 5.44. The molecule has 2 heterocycles. The molecule has 0 atom stereocenters. The highest BCUT2D eigenvalue weighted by Gasteiger charge is 2.08. The van der Waals surface area contributed by atoms with Crippen LogP contribution in [0.25, 0.3) is 11.1 Å². The molecule has 0 spiro atoms. The highest BCUT2D eigenvalue weighted by atomic mass is 16.3. The molecule has 0 radical (unpaired) electrons. The van der Waals surface area contributed by atoms with E-state index in [9.17, 15) is 9.59 Å². The number of fused-ring (bicyclic) bond motifs is 1. The number of carbonyl (C=O) groups excluding carboxylic acids is 1. The lowest BCUT2D eigenvalue weighted by Crippen LogP contribution is -2.25. The van der Waals surface area contributed by atoms with Crippen molar-refractivity contribution in [1.82, 2.24) is 20.5 Å². The third-order valence-electron chi connectivity index (χ3n) is 2.92. The number of rotatable bonds is 3. The average molecular weight is 284 g/mol. The molecule has 1 aromatic carbocycles. The van der Waals surface area contributed by atoms with Crippen LogP contribution in [0.1, 0.15) is 21.9 Å². The summed E-state index contributed by atoms with van der Waals surface area (Å²) in [5.41, 5.74) is 2.16. The topological polar surface area (TPSA) is 101 Å². The molecule has 7 nitrogen and oxygen atoms in total. The van der Waals surface area contributed by atoms with Gasteiger partial charge in [0.05, 0.1) is 0 Å². The van der Waals surface area contributed by atoms with Gasteiger partial charge in [-0.1, -0.05) is 6.07 Å². The van der Waals surface area contributed by atoms with E-state index in [0.717, 1.165) is 11.1 Å². The fourth-order valence-electron chi connectivity index (χ4n) is 1.94. The van der Waals surface area contributed by atoms with Crippen molar-refractivity contribution < 1.29 is 9.21 Å². The van der Waals surface area contributed by atoms with Crippen LogP contribution in [0.5, 0.6) is 0 Å². The van der Waals surface area contributed by atoms with Crippen molar-refractivity contribution in [3.63, 3.8) is 0 Å². The largest absolute Gasteiger partial charge is 0.441 e. The van der Waals surface area contributed by atoms with Crippen LogP contribution in [0.3, 0.4) is 0 Å². The van der Waals surface area contributed by atoms with Crippen LogP contribution < -0.4 is 10.9 Å². The Labute approximate surface area is 119 Å². The van der Waals surface area contributed by atoms with Gasteiger partial charge in [-0.05, 0) is 23.8 Å². The number of nitrogens with zero attached hydrogens (tertiary/aromatic N) is 2. The van der Waals surface area contributed by atoms with E-state index in [1.54, 1.807) is 6.92 Å². The molecular weight excluding hydrogens is 272 g/mol. The van der Waals surface area contributed by atoms with Crippen molar-refractivity contribution in [1.29, 1.82) is 0 Å². The van der Waals surface area contributed by atoms with Crippen molar-refractivity contribution in [2.75, 3.05) is 0 Å². The van der Waals surface area contributed by atoms with E-state index in [2.05, 4.69) is 20.5 Å². The standard InChI is InChI=1S/C14H12N4O3/c1-8-16-10-3-2-9(6-12(10)21-8)7-15-14(20)11-4-5-13(19)18-17-11/h2-6H,7H2,1H3,(H,15,20)(H,18,19). The van der Waals surface area contributed by atoms with Crippen LogP contribution in [0.2, 0.25) is 0 Å². The zero-order valence-corrected chi connectivity index (χ0v) is 11.2. The van der Waals surface area contributed by atoms with Gasteiger partial charge in [0.1, 0.15) is 11.2 Å². The number of H-pyrrole nitrogens is 1. The van der Waals surface area contributed by atoms with Gasteiger partial charge in [0.15, 0.2) is 11.5 Å². The van der Waals surface area contributed by atoms with Gasteiger partial charge in [0.25, 0.3) is 11.5 Å². The number of aromatic amines is 1. The molecule has 1 amide bonds. The molecular formula is C14H12N4O3. The van der Waals surface area contributed by atoms with Crippen molar-refractivity contribution in [2.24, 2.45) is 0 Å². The molecule has 7 heteroatoms. The summed E-state index contributed by atoms with van der Waals surface area (Å²) in [5.74, 6) is 0.240. The Kier molecular flexibility index (Phi) is 3.23. The molecule has 3 rings (SSSR count). The zero-order valence-electron chi connectivity index (χ0n) is 11.2. The summed E-state index contributed by atoms with van der Waals surface area (Å²) in [6.45, 7) is 2.11. The fraction of sp³-hybridized carbons (Fsp3) is 0.143. The summed E-state index contributed by atoms with van der Waals surface area (Å²) >= 11 is 0. The molecule has 0 saturated carbocycles. The van der Waals surface area contributed by atoms with Crippen molar-refractivity contribution >= 4 is 17.0 Å². The van der Waals surface area contributed by atoms with Crippen molar-refractivity contribution in [3.8, 4) is 0 Å². The van der Waals surface area contributed by atoms with Crippen LogP contribution in [0.4, 0.5) is 0 Å². The normalized spacial score (nSPS) is 10.7. The molecule has 2 N–H and O–H groups in total. The zero-order chi connectivity index (χ0) is 14.8. The van der Waals surface area contributed by atoms with E-state index in [1.807, 2.05) is 18.2 Å². The molecule has 0 aliphatic rings. The first kappa shape index (κ1) is 13.0. The number of nitrogens with one attached hydrogen (secondary N) is 2. The molecule has 2 aromatic heterocycles. The molecule has 21 heavy (non-hydrogen) atoms. The number of hydrogen-bond acceptors (Lipinski definition) is 5. The Morgan fingerprint density at radius 1 is 1.33 bits per heavy atom. The number of amides is 1. The predicted octanol–water partition coefficient (Wildman–Crippen LogP) is 1.15. The van der Waals surface area contributed by atoms with Gasteiger partial charge in [0.2, 0.25) is 0 Å². The third kappa shape index (κ3) is 2.81. The van der Waals surface area contributed by atoms with Crippen LogP contribution in [-0.2, 0) is 6.54 Å². The highest BCUT2D eigenvalue weighted by molar-refractivity contribution is 5.92. The molecule has 0 fully saturated rings. The summed E-state index contributed by atoms with van der Waals surface area (Å²) in [4.78, 5) is 27.0. The van der Waals surface area contributed by atoms with Crippen LogP contribution in [0, 0.1) is 6.92 Å². The van der Waals surface area contributed by atoms with E-state index in [-0.39, 0.29) is 17.2 Å². The minimum Gasteiger partial charge on any atom is -0.441 e. The summed E-state index contributed by atoms with van der Waals surface area (Å²) in [7, 11) is 0. The second kappa shape index (κ2) is 5.20. The van der Waals surface area contributed by atoms with Crippen LogP contribution in [0.15, 0.2) is 39.5 Å². The number of hydrogen-bond donors (Lipinski definition) is 2. The average Bonchev–Trinajstić information content (AvgIpc) is 2.84. The second-order valence-electron chi connectivity index (χ2n) is 4.52. The van der Waals surface area contributed by atoms with E-state index >= 15 is 0 Å². The predicted molar refractivity (Wildman–Crippen MR) is 74.8 cm³/mol.